The van der Waals surface area contributed by atoms with Crippen LogP contribution in [0.3, 0.4) is 0 Å². The Morgan fingerprint density at radius 3 is 2.41 bits per heavy atom. The largest absolute Gasteiger partial charge is 0.379 e. The summed E-state index contributed by atoms with van der Waals surface area (Å²) in [5.74, 6) is -1.64. The Morgan fingerprint density at radius 2 is 1.72 bits per heavy atom. The van der Waals surface area contributed by atoms with Crippen molar-refractivity contribution in [1.82, 2.24) is 24.9 Å². The lowest BCUT2D eigenvalue weighted by atomic mass is 9.91. The Balaban J connectivity index is 1.28. The average molecular weight is 539 g/mol. The molecule has 3 heterocycles. The molecule has 0 aromatic carbocycles. The number of aromatic nitrogens is 4. The normalized spacial score (nSPS) is 19.7. The lowest BCUT2D eigenvalue weighted by Crippen LogP contribution is -2.48. The van der Waals surface area contributed by atoms with Gasteiger partial charge in [0.25, 0.3) is 5.91 Å². The van der Waals surface area contributed by atoms with E-state index in [1.165, 1.54) is 23.0 Å². The minimum atomic E-state index is -0.955. The zero-order valence-corrected chi connectivity index (χ0v) is 21.2. The van der Waals surface area contributed by atoms with E-state index >= 15 is 0 Å². The first-order valence-corrected chi connectivity index (χ1v) is 12.9. The van der Waals surface area contributed by atoms with Crippen LogP contribution in [0.25, 0.3) is 5.65 Å². The number of carbonyl (C=O) groups is 3. The average Bonchev–Trinajstić information content (AvgIpc) is 3.61. The molecule has 8 N–H and O–H groups in total. The SMILES string of the molecule is NC(=O)C[C@H](N)C(=O)NC1CCC(Nc2cc(NC3CC3)c3ncc(C(=O)Nc4ccncc4F)n3n2)CC1. The van der Waals surface area contributed by atoms with E-state index < -0.39 is 23.7 Å². The van der Waals surface area contributed by atoms with E-state index in [-0.39, 0.29) is 35.8 Å². The van der Waals surface area contributed by atoms with Crippen LogP contribution in [-0.2, 0) is 9.59 Å². The number of imidazole rings is 1. The van der Waals surface area contributed by atoms with Gasteiger partial charge in [0.1, 0.15) is 5.82 Å². The fraction of sp³-hybridized carbons (Fsp3) is 0.440. The highest BCUT2D eigenvalue weighted by molar-refractivity contribution is 6.03. The number of hydrogen-bond donors (Lipinski definition) is 6. The van der Waals surface area contributed by atoms with Crippen molar-refractivity contribution in [3.8, 4) is 0 Å². The van der Waals surface area contributed by atoms with Crippen molar-refractivity contribution in [2.45, 2.75) is 69.1 Å². The summed E-state index contributed by atoms with van der Waals surface area (Å²) in [5.41, 5.74) is 12.3. The molecular formula is C25H31FN10O3. The van der Waals surface area contributed by atoms with Gasteiger partial charge >= 0.3 is 0 Å². The van der Waals surface area contributed by atoms with Gasteiger partial charge in [0.05, 0.1) is 36.2 Å². The maximum atomic E-state index is 14.0. The fourth-order valence-electron chi connectivity index (χ4n) is 4.62. The zero-order valence-electron chi connectivity index (χ0n) is 21.2. The number of anilines is 3. The second-order valence-corrected chi connectivity index (χ2v) is 10.0. The van der Waals surface area contributed by atoms with Crippen LogP contribution < -0.4 is 32.7 Å². The van der Waals surface area contributed by atoms with Gasteiger partial charge in [-0.3, -0.25) is 19.4 Å². The van der Waals surface area contributed by atoms with Gasteiger partial charge in [-0.1, -0.05) is 0 Å². The Bertz CT molecular complexity index is 1380. The second-order valence-electron chi connectivity index (χ2n) is 10.0. The van der Waals surface area contributed by atoms with E-state index in [0.29, 0.717) is 17.5 Å². The number of primary amides is 1. The van der Waals surface area contributed by atoms with Gasteiger partial charge in [-0.15, -0.1) is 5.10 Å². The highest BCUT2D eigenvalue weighted by Gasteiger charge is 2.27. The van der Waals surface area contributed by atoms with Crippen LogP contribution in [0.5, 0.6) is 0 Å². The predicted molar refractivity (Wildman–Crippen MR) is 141 cm³/mol. The number of rotatable bonds is 10. The first-order valence-electron chi connectivity index (χ1n) is 12.9. The third kappa shape index (κ3) is 6.39. The standard InChI is InChI=1S/C25H31FN10O3/c26-16-11-29-8-7-18(16)34-25(39)20-12-30-23-19(31-13-1-2-13)10-22(35-36(20)23)32-14-3-5-15(6-4-14)33-24(38)17(27)9-21(28)37/h7-8,10-15,17,31H,1-6,9,27H2,(H2,28,37)(H,32,35)(H,33,38)(H,29,34,39)/t14?,15?,17-/m0/s1. The summed E-state index contributed by atoms with van der Waals surface area (Å²) >= 11 is 0. The van der Waals surface area contributed by atoms with Crippen LogP contribution in [0.2, 0.25) is 0 Å². The summed E-state index contributed by atoms with van der Waals surface area (Å²) in [4.78, 5) is 44.4. The summed E-state index contributed by atoms with van der Waals surface area (Å²) in [7, 11) is 0. The zero-order chi connectivity index (χ0) is 27.5. The van der Waals surface area contributed by atoms with E-state index in [4.69, 9.17) is 11.5 Å². The maximum Gasteiger partial charge on any atom is 0.276 e. The number of halogens is 1. The van der Waals surface area contributed by atoms with Crippen molar-refractivity contribution in [3.05, 3.63) is 42.2 Å². The number of hydrogen-bond acceptors (Lipinski definition) is 9. The molecule has 3 aromatic heterocycles. The first-order chi connectivity index (χ1) is 18.8. The third-order valence-corrected chi connectivity index (χ3v) is 6.84. The van der Waals surface area contributed by atoms with Crippen molar-refractivity contribution >= 4 is 40.6 Å². The Labute approximate surface area is 223 Å². The van der Waals surface area contributed by atoms with Crippen LogP contribution in [-0.4, -0.2) is 61.5 Å². The number of fused-ring (bicyclic) bond motifs is 1. The van der Waals surface area contributed by atoms with E-state index in [0.717, 1.165) is 50.4 Å². The number of pyridine rings is 1. The van der Waals surface area contributed by atoms with Gasteiger partial charge in [0, 0.05) is 30.4 Å². The summed E-state index contributed by atoms with van der Waals surface area (Å²) in [6.45, 7) is 0. The van der Waals surface area contributed by atoms with Gasteiger partial charge in [0.15, 0.2) is 17.2 Å². The molecule has 0 aliphatic heterocycles. The molecule has 2 fully saturated rings. The lowest BCUT2D eigenvalue weighted by Gasteiger charge is -2.30. The maximum absolute atomic E-state index is 14.0. The van der Waals surface area contributed by atoms with Crippen molar-refractivity contribution < 1.29 is 18.8 Å². The minimum Gasteiger partial charge on any atom is -0.379 e. The highest BCUT2D eigenvalue weighted by atomic mass is 19.1. The quantitative estimate of drug-likeness (QED) is 0.219. The lowest BCUT2D eigenvalue weighted by molar-refractivity contribution is -0.127. The van der Waals surface area contributed by atoms with Crippen LogP contribution in [0, 0.1) is 5.82 Å². The van der Waals surface area contributed by atoms with Crippen LogP contribution in [0.4, 0.5) is 21.6 Å². The van der Waals surface area contributed by atoms with Gasteiger partial charge in [-0.2, -0.15) is 0 Å². The summed E-state index contributed by atoms with van der Waals surface area (Å²) < 4.78 is 15.5. The molecule has 14 heteroatoms. The summed E-state index contributed by atoms with van der Waals surface area (Å²) in [5, 5.41) is 17.0. The minimum absolute atomic E-state index is 0.00925. The van der Waals surface area contributed by atoms with Crippen LogP contribution >= 0.6 is 0 Å². The molecule has 206 valence electrons. The number of carbonyl (C=O) groups excluding carboxylic acids is 3. The molecule has 0 radical (unpaired) electrons. The molecule has 13 nitrogen and oxygen atoms in total. The Kier molecular flexibility index (Phi) is 7.54. The summed E-state index contributed by atoms with van der Waals surface area (Å²) in [6.07, 6.45) is 8.70. The molecular weight excluding hydrogens is 507 g/mol. The van der Waals surface area contributed by atoms with E-state index in [2.05, 4.69) is 36.3 Å². The van der Waals surface area contributed by atoms with Gasteiger partial charge in [-0.05, 0) is 44.6 Å². The molecule has 0 unspecified atom stereocenters. The van der Waals surface area contributed by atoms with Gasteiger partial charge < -0.3 is 32.7 Å². The van der Waals surface area contributed by atoms with Crippen molar-refractivity contribution in [2.75, 3.05) is 16.0 Å². The molecule has 3 amide bonds. The molecule has 2 aliphatic carbocycles. The van der Waals surface area contributed by atoms with E-state index in [1.807, 2.05) is 6.07 Å². The molecule has 1 atom stereocenters. The first kappa shape index (κ1) is 26.3. The van der Waals surface area contributed by atoms with Crippen LogP contribution in [0.1, 0.15) is 55.4 Å². The molecule has 2 saturated carbocycles. The summed E-state index contributed by atoms with van der Waals surface area (Å²) in [6, 6.07) is 2.67. The monoisotopic (exact) mass is 538 g/mol. The Morgan fingerprint density at radius 1 is 1.03 bits per heavy atom. The van der Waals surface area contributed by atoms with Crippen LogP contribution in [0.15, 0.2) is 30.7 Å². The highest BCUT2D eigenvalue weighted by Crippen LogP contribution is 2.30. The number of nitrogens with zero attached hydrogens (tertiary/aromatic N) is 4. The van der Waals surface area contributed by atoms with Gasteiger partial charge in [-0.25, -0.2) is 13.9 Å². The van der Waals surface area contributed by atoms with E-state index in [1.54, 1.807) is 0 Å². The number of nitrogens with two attached hydrogens (primary N) is 2. The molecule has 2 aliphatic rings. The van der Waals surface area contributed by atoms with E-state index in [9.17, 15) is 18.8 Å². The molecule has 0 spiro atoms. The number of nitrogens with one attached hydrogen (secondary N) is 4. The molecule has 3 aromatic rings. The third-order valence-electron chi connectivity index (χ3n) is 6.84. The Hall–Kier alpha value is -4.33. The van der Waals surface area contributed by atoms with Crippen molar-refractivity contribution in [1.29, 1.82) is 0 Å². The molecule has 0 bridgehead atoms. The number of amides is 3. The second kappa shape index (κ2) is 11.2. The predicted octanol–water partition coefficient (Wildman–Crippen LogP) is 1.13. The van der Waals surface area contributed by atoms with Crippen molar-refractivity contribution in [3.63, 3.8) is 0 Å². The smallest absolute Gasteiger partial charge is 0.276 e. The molecule has 5 rings (SSSR count). The molecule has 39 heavy (non-hydrogen) atoms. The van der Waals surface area contributed by atoms with Gasteiger partial charge in [0.2, 0.25) is 11.8 Å². The topological polar surface area (TPSA) is 194 Å². The molecule has 0 saturated heterocycles. The fourth-order valence-corrected chi connectivity index (χ4v) is 4.62. The van der Waals surface area contributed by atoms with Crippen molar-refractivity contribution in [2.24, 2.45) is 11.5 Å².